The lowest BCUT2D eigenvalue weighted by atomic mass is 10.3. The highest BCUT2D eigenvalue weighted by atomic mass is 32.2. The standard InChI is InChI=1S/C19H21N5O2S2/c1-4-10-24-16(11-26-15-8-6-5-7-9-15)22-23-19(24)27-12-17(25)21-18-20-13(2)14(3)28-18/h4-9H,1,10-12H2,2-3H3,(H,20,21,25). The summed E-state index contributed by atoms with van der Waals surface area (Å²) in [5, 5.41) is 12.5. The lowest BCUT2D eigenvalue weighted by molar-refractivity contribution is -0.113. The molecule has 7 nitrogen and oxygen atoms in total. The van der Waals surface area contributed by atoms with Gasteiger partial charge in [-0.05, 0) is 26.0 Å². The van der Waals surface area contributed by atoms with E-state index in [1.165, 1.54) is 23.1 Å². The number of aromatic nitrogens is 4. The molecule has 1 aromatic carbocycles. The van der Waals surface area contributed by atoms with Crippen LogP contribution in [0.3, 0.4) is 0 Å². The molecule has 3 rings (SSSR count). The van der Waals surface area contributed by atoms with Gasteiger partial charge in [-0.25, -0.2) is 4.98 Å². The average molecular weight is 416 g/mol. The van der Waals surface area contributed by atoms with E-state index in [4.69, 9.17) is 4.74 Å². The minimum atomic E-state index is -0.131. The van der Waals surface area contributed by atoms with Crippen LogP contribution in [0.15, 0.2) is 48.1 Å². The van der Waals surface area contributed by atoms with E-state index in [0.29, 0.717) is 22.7 Å². The van der Waals surface area contributed by atoms with Crippen LogP contribution in [0, 0.1) is 13.8 Å². The first-order chi connectivity index (χ1) is 13.6. The van der Waals surface area contributed by atoms with Gasteiger partial charge in [0.2, 0.25) is 5.91 Å². The third-order valence-electron chi connectivity index (χ3n) is 3.82. The number of benzene rings is 1. The van der Waals surface area contributed by atoms with Gasteiger partial charge in [0.15, 0.2) is 16.1 Å². The van der Waals surface area contributed by atoms with E-state index in [9.17, 15) is 4.79 Å². The minimum absolute atomic E-state index is 0.131. The van der Waals surface area contributed by atoms with Crippen molar-refractivity contribution >= 4 is 34.1 Å². The molecule has 1 amide bonds. The van der Waals surface area contributed by atoms with Gasteiger partial charge in [-0.3, -0.25) is 9.36 Å². The zero-order valence-electron chi connectivity index (χ0n) is 15.7. The van der Waals surface area contributed by atoms with Crippen molar-refractivity contribution in [3.8, 4) is 5.75 Å². The smallest absolute Gasteiger partial charge is 0.236 e. The van der Waals surface area contributed by atoms with E-state index in [0.717, 1.165) is 16.3 Å². The summed E-state index contributed by atoms with van der Waals surface area (Å²) in [7, 11) is 0. The number of carbonyl (C=O) groups is 1. The summed E-state index contributed by atoms with van der Waals surface area (Å²) in [6.07, 6.45) is 1.76. The van der Waals surface area contributed by atoms with Crippen LogP contribution in [0.4, 0.5) is 5.13 Å². The van der Waals surface area contributed by atoms with Gasteiger partial charge in [0, 0.05) is 11.4 Å². The van der Waals surface area contributed by atoms with Crippen LogP contribution < -0.4 is 10.1 Å². The number of carbonyl (C=O) groups excluding carboxylic acids is 1. The first-order valence-corrected chi connectivity index (χ1v) is 10.4. The number of hydrogen-bond donors (Lipinski definition) is 1. The van der Waals surface area contributed by atoms with E-state index in [-0.39, 0.29) is 18.3 Å². The van der Waals surface area contributed by atoms with Gasteiger partial charge in [0.25, 0.3) is 0 Å². The van der Waals surface area contributed by atoms with E-state index in [1.54, 1.807) is 6.08 Å². The topological polar surface area (TPSA) is 81.9 Å². The van der Waals surface area contributed by atoms with Gasteiger partial charge < -0.3 is 10.1 Å². The maximum atomic E-state index is 12.2. The Labute approximate surface area is 171 Å². The van der Waals surface area contributed by atoms with Crippen LogP contribution in [0.5, 0.6) is 5.75 Å². The molecule has 0 saturated carbocycles. The van der Waals surface area contributed by atoms with E-state index in [1.807, 2.05) is 48.7 Å². The molecule has 2 aromatic heterocycles. The molecule has 0 unspecified atom stereocenters. The molecule has 1 N–H and O–H groups in total. The van der Waals surface area contributed by atoms with E-state index < -0.39 is 0 Å². The third kappa shape index (κ3) is 5.20. The Morgan fingerprint density at radius 3 is 2.79 bits per heavy atom. The van der Waals surface area contributed by atoms with Crippen molar-refractivity contribution in [1.82, 2.24) is 19.7 Å². The SMILES string of the molecule is C=CCn1c(COc2ccccc2)nnc1SCC(=O)Nc1nc(C)c(C)s1. The van der Waals surface area contributed by atoms with Crippen LogP contribution in [-0.2, 0) is 17.9 Å². The molecule has 0 saturated heterocycles. The Morgan fingerprint density at radius 1 is 1.32 bits per heavy atom. The number of allylic oxidation sites excluding steroid dienone is 1. The van der Waals surface area contributed by atoms with Crippen molar-refractivity contribution in [2.45, 2.75) is 32.2 Å². The third-order valence-corrected chi connectivity index (χ3v) is 5.78. The number of amides is 1. The molecule has 9 heteroatoms. The van der Waals surface area contributed by atoms with Crippen molar-refractivity contribution in [3.63, 3.8) is 0 Å². The van der Waals surface area contributed by atoms with Crippen LogP contribution in [-0.4, -0.2) is 31.4 Å². The van der Waals surface area contributed by atoms with E-state index >= 15 is 0 Å². The minimum Gasteiger partial charge on any atom is -0.486 e. The lowest BCUT2D eigenvalue weighted by Gasteiger charge is -2.09. The number of ether oxygens (including phenoxy) is 1. The average Bonchev–Trinajstić information content (AvgIpc) is 3.22. The fraction of sp³-hybridized carbons (Fsp3) is 0.263. The van der Waals surface area contributed by atoms with Crippen LogP contribution in [0.2, 0.25) is 0 Å². The predicted octanol–water partition coefficient (Wildman–Crippen LogP) is 3.85. The summed E-state index contributed by atoms with van der Waals surface area (Å²) in [6, 6.07) is 9.53. The molecule has 3 aromatic rings. The normalized spacial score (nSPS) is 10.6. The summed E-state index contributed by atoms with van der Waals surface area (Å²) in [4.78, 5) is 17.6. The van der Waals surface area contributed by atoms with Crippen molar-refractivity contribution in [2.75, 3.05) is 11.1 Å². The number of aryl methyl sites for hydroxylation is 2. The van der Waals surface area contributed by atoms with Crippen molar-refractivity contribution < 1.29 is 9.53 Å². The Morgan fingerprint density at radius 2 is 2.11 bits per heavy atom. The summed E-state index contributed by atoms with van der Waals surface area (Å²) < 4.78 is 7.65. The van der Waals surface area contributed by atoms with Gasteiger partial charge in [-0.2, -0.15) is 0 Å². The number of rotatable bonds is 9. The van der Waals surface area contributed by atoms with Crippen LogP contribution in [0.25, 0.3) is 0 Å². The van der Waals surface area contributed by atoms with Crippen molar-refractivity contribution in [1.29, 1.82) is 0 Å². The first-order valence-electron chi connectivity index (χ1n) is 8.64. The van der Waals surface area contributed by atoms with E-state index in [2.05, 4.69) is 27.1 Å². The Balaban J connectivity index is 1.60. The summed E-state index contributed by atoms with van der Waals surface area (Å²) in [5.74, 6) is 1.53. The van der Waals surface area contributed by atoms with Crippen molar-refractivity contribution in [2.24, 2.45) is 0 Å². The fourth-order valence-corrected chi connectivity index (χ4v) is 3.92. The maximum Gasteiger partial charge on any atom is 0.236 e. The molecule has 0 fully saturated rings. The summed E-state index contributed by atoms with van der Waals surface area (Å²) in [6.45, 7) is 8.51. The molecule has 0 aliphatic heterocycles. The highest BCUT2D eigenvalue weighted by Crippen LogP contribution is 2.23. The molecule has 2 heterocycles. The highest BCUT2D eigenvalue weighted by Gasteiger charge is 2.15. The quantitative estimate of drug-likeness (QED) is 0.422. The molecule has 0 atom stereocenters. The monoisotopic (exact) mass is 415 g/mol. The largest absolute Gasteiger partial charge is 0.486 e. The molecule has 0 spiro atoms. The number of hydrogen-bond acceptors (Lipinski definition) is 7. The number of nitrogens with one attached hydrogen (secondary N) is 1. The zero-order chi connectivity index (χ0) is 19.9. The van der Waals surface area contributed by atoms with Gasteiger partial charge in [0.1, 0.15) is 12.4 Å². The Bertz CT molecular complexity index is 933. The van der Waals surface area contributed by atoms with Gasteiger partial charge in [-0.15, -0.1) is 28.1 Å². The zero-order valence-corrected chi connectivity index (χ0v) is 17.3. The number of para-hydroxylation sites is 1. The summed E-state index contributed by atoms with van der Waals surface area (Å²) >= 11 is 2.79. The number of thiazole rings is 1. The Kier molecular flexibility index (Phi) is 6.83. The predicted molar refractivity (Wildman–Crippen MR) is 112 cm³/mol. The Hall–Kier alpha value is -2.65. The lowest BCUT2D eigenvalue weighted by Crippen LogP contribution is -2.15. The molecule has 146 valence electrons. The van der Waals surface area contributed by atoms with Gasteiger partial charge >= 0.3 is 0 Å². The summed E-state index contributed by atoms with van der Waals surface area (Å²) in [5.41, 5.74) is 0.932. The van der Waals surface area contributed by atoms with Crippen molar-refractivity contribution in [3.05, 3.63) is 59.4 Å². The molecule has 28 heavy (non-hydrogen) atoms. The maximum absolute atomic E-state index is 12.2. The first kappa shape index (κ1) is 20.1. The van der Waals surface area contributed by atoms with Gasteiger partial charge in [-0.1, -0.05) is 36.0 Å². The second-order valence-electron chi connectivity index (χ2n) is 5.90. The molecular formula is C19H21N5O2S2. The van der Waals surface area contributed by atoms with Crippen LogP contribution in [0.1, 0.15) is 16.4 Å². The molecular weight excluding hydrogens is 394 g/mol. The number of anilines is 1. The highest BCUT2D eigenvalue weighted by molar-refractivity contribution is 7.99. The number of thioether (sulfide) groups is 1. The molecule has 0 aliphatic rings. The molecule has 0 aliphatic carbocycles. The number of nitrogens with zero attached hydrogens (tertiary/aromatic N) is 4. The van der Waals surface area contributed by atoms with Crippen LogP contribution >= 0.6 is 23.1 Å². The molecule has 0 radical (unpaired) electrons. The fourth-order valence-electron chi connectivity index (χ4n) is 2.32. The molecule has 0 bridgehead atoms. The second kappa shape index (κ2) is 9.52. The van der Waals surface area contributed by atoms with Gasteiger partial charge in [0.05, 0.1) is 11.4 Å². The second-order valence-corrected chi connectivity index (χ2v) is 8.04.